The fraction of sp³-hybridized carbons (Fsp3) is 0.375. The Morgan fingerprint density at radius 1 is 1.25 bits per heavy atom. The number of H-pyrrole nitrogens is 1. The number of hydrogen-bond acceptors (Lipinski definition) is 3. The van der Waals surface area contributed by atoms with Crippen molar-refractivity contribution in [2.24, 2.45) is 0 Å². The number of rotatable bonds is 3. The maximum Gasteiger partial charge on any atom is 0.116 e. The average molecular weight is 267 g/mol. The van der Waals surface area contributed by atoms with Crippen molar-refractivity contribution in [1.29, 1.82) is 5.26 Å². The lowest BCUT2D eigenvalue weighted by atomic mass is 9.80. The molecule has 1 aromatic carbocycles. The van der Waals surface area contributed by atoms with E-state index in [2.05, 4.69) is 16.0 Å². The molecule has 1 atom stereocenters. The molecule has 4 nitrogen and oxygen atoms in total. The summed E-state index contributed by atoms with van der Waals surface area (Å²) in [6.07, 6.45) is 7.17. The molecule has 1 saturated carbocycles. The predicted octanol–water partition coefficient (Wildman–Crippen LogP) is 2.72. The van der Waals surface area contributed by atoms with Crippen LogP contribution in [0.5, 0.6) is 0 Å². The molecule has 20 heavy (non-hydrogen) atoms. The molecule has 0 aliphatic heterocycles. The van der Waals surface area contributed by atoms with Crippen LogP contribution in [-0.2, 0) is 0 Å². The van der Waals surface area contributed by atoms with Gasteiger partial charge in [0, 0.05) is 12.4 Å². The standard InChI is InChI=1S/C16H17N3O/c17-11-12-3-5-13(6-4-12)14(15-18-9-10-19-15)16(20)7-1-2-8-16/h3-6,9-10,14,20H,1-2,7-8H2,(H,18,19). The van der Waals surface area contributed by atoms with Crippen molar-refractivity contribution >= 4 is 0 Å². The fourth-order valence-electron chi connectivity index (χ4n) is 3.18. The summed E-state index contributed by atoms with van der Waals surface area (Å²) >= 11 is 0. The van der Waals surface area contributed by atoms with E-state index in [1.54, 1.807) is 24.5 Å². The van der Waals surface area contributed by atoms with Gasteiger partial charge in [-0.1, -0.05) is 25.0 Å². The molecule has 1 aliphatic rings. The van der Waals surface area contributed by atoms with Crippen molar-refractivity contribution < 1.29 is 5.11 Å². The van der Waals surface area contributed by atoms with Crippen LogP contribution in [0.2, 0.25) is 0 Å². The zero-order valence-corrected chi connectivity index (χ0v) is 11.2. The minimum absolute atomic E-state index is 0.159. The van der Waals surface area contributed by atoms with Crippen LogP contribution in [0.4, 0.5) is 0 Å². The van der Waals surface area contributed by atoms with Gasteiger partial charge in [0.25, 0.3) is 0 Å². The van der Waals surface area contributed by atoms with E-state index in [4.69, 9.17) is 5.26 Å². The topological polar surface area (TPSA) is 72.7 Å². The summed E-state index contributed by atoms with van der Waals surface area (Å²) in [7, 11) is 0. The van der Waals surface area contributed by atoms with Crippen molar-refractivity contribution in [2.75, 3.05) is 0 Å². The summed E-state index contributed by atoms with van der Waals surface area (Å²) < 4.78 is 0. The number of nitrogens with zero attached hydrogens (tertiary/aromatic N) is 2. The van der Waals surface area contributed by atoms with E-state index in [9.17, 15) is 5.11 Å². The van der Waals surface area contributed by atoms with Crippen LogP contribution in [0, 0.1) is 11.3 Å². The third kappa shape index (κ3) is 2.21. The van der Waals surface area contributed by atoms with Gasteiger partial charge in [-0.3, -0.25) is 0 Å². The third-order valence-electron chi connectivity index (χ3n) is 4.17. The van der Waals surface area contributed by atoms with Crippen molar-refractivity contribution in [3.63, 3.8) is 0 Å². The highest BCUT2D eigenvalue weighted by atomic mass is 16.3. The van der Waals surface area contributed by atoms with E-state index >= 15 is 0 Å². The Morgan fingerprint density at radius 2 is 1.95 bits per heavy atom. The number of aliphatic hydroxyl groups is 1. The first-order chi connectivity index (χ1) is 9.73. The molecule has 0 saturated heterocycles. The van der Waals surface area contributed by atoms with Gasteiger partial charge in [-0.25, -0.2) is 4.98 Å². The number of benzene rings is 1. The summed E-state index contributed by atoms with van der Waals surface area (Å²) in [6.45, 7) is 0. The summed E-state index contributed by atoms with van der Waals surface area (Å²) in [5.74, 6) is 0.631. The minimum atomic E-state index is -0.744. The van der Waals surface area contributed by atoms with Gasteiger partial charge >= 0.3 is 0 Å². The third-order valence-corrected chi connectivity index (χ3v) is 4.17. The van der Waals surface area contributed by atoms with Crippen molar-refractivity contribution in [3.05, 3.63) is 53.6 Å². The maximum absolute atomic E-state index is 11.0. The Morgan fingerprint density at radius 3 is 2.50 bits per heavy atom. The monoisotopic (exact) mass is 267 g/mol. The first-order valence-corrected chi connectivity index (χ1v) is 6.95. The minimum Gasteiger partial charge on any atom is -0.389 e. The van der Waals surface area contributed by atoms with Crippen LogP contribution in [-0.4, -0.2) is 20.7 Å². The van der Waals surface area contributed by atoms with E-state index in [0.717, 1.165) is 37.1 Å². The number of aromatic nitrogens is 2. The Balaban J connectivity index is 2.03. The van der Waals surface area contributed by atoms with E-state index in [-0.39, 0.29) is 5.92 Å². The van der Waals surface area contributed by atoms with Crippen LogP contribution in [0.3, 0.4) is 0 Å². The molecule has 1 heterocycles. The largest absolute Gasteiger partial charge is 0.389 e. The molecule has 0 radical (unpaired) electrons. The van der Waals surface area contributed by atoms with Crippen LogP contribution in [0.1, 0.15) is 48.6 Å². The summed E-state index contributed by atoms with van der Waals surface area (Å²) in [4.78, 5) is 7.48. The molecule has 0 spiro atoms. The molecule has 1 unspecified atom stereocenters. The highest BCUT2D eigenvalue weighted by Gasteiger charge is 2.42. The molecule has 2 aromatic rings. The zero-order valence-electron chi connectivity index (χ0n) is 11.2. The highest BCUT2D eigenvalue weighted by molar-refractivity contribution is 5.37. The van der Waals surface area contributed by atoms with Gasteiger partial charge in [-0.15, -0.1) is 0 Å². The fourth-order valence-corrected chi connectivity index (χ4v) is 3.18. The number of hydrogen-bond donors (Lipinski definition) is 2. The van der Waals surface area contributed by atoms with Gasteiger partial charge in [-0.05, 0) is 30.5 Å². The van der Waals surface area contributed by atoms with Crippen LogP contribution in [0.25, 0.3) is 0 Å². The Kier molecular flexibility index (Phi) is 3.29. The SMILES string of the molecule is N#Cc1ccc(C(c2ncc[nH]2)C2(O)CCCC2)cc1. The molecule has 1 aliphatic carbocycles. The van der Waals surface area contributed by atoms with E-state index < -0.39 is 5.60 Å². The number of nitriles is 1. The lowest BCUT2D eigenvalue weighted by molar-refractivity contribution is 0.0286. The molecule has 4 heteroatoms. The molecular formula is C16H17N3O. The molecule has 102 valence electrons. The second-order valence-electron chi connectivity index (χ2n) is 5.45. The average Bonchev–Trinajstić information content (AvgIpc) is 3.12. The lowest BCUT2D eigenvalue weighted by Gasteiger charge is -2.31. The van der Waals surface area contributed by atoms with E-state index in [1.807, 2.05) is 12.1 Å². The molecule has 1 aromatic heterocycles. The molecular weight excluding hydrogens is 250 g/mol. The van der Waals surface area contributed by atoms with Crippen molar-refractivity contribution in [2.45, 2.75) is 37.2 Å². The van der Waals surface area contributed by atoms with Gasteiger partial charge in [-0.2, -0.15) is 5.26 Å². The Bertz CT molecular complexity index is 604. The summed E-state index contributed by atoms with van der Waals surface area (Å²) in [5, 5.41) is 19.9. The smallest absolute Gasteiger partial charge is 0.116 e. The van der Waals surface area contributed by atoms with Gasteiger partial charge in [0.05, 0.1) is 23.2 Å². The second-order valence-corrected chi connectivity index (χ2v) is 5.45. The number of nitrogens with one attached hydrogen (secondary N) is 1. The summed E-state index contributed by atoms with van der Waals surface area (Å²) in [6, 6.07) is 9.55. The number of imidazole rings is 1. The van der Waals surface area contributed by atoms with Crippen molar-refractivity contribution in [3.8, 4) is 6.07 Å². The van der Waals surface area contributed by atoms with Crippen LogP contribution in [0.15, 0.2) is 36.7 Å². The highest BCUT2D eigenvalue weighted by Crippen LogP contribution is 2.43. The van der Waals surface area contributed by atoms with E-state index in [1.165, 1.54) is 0 Å². The van der Waals surface area contributed by atoms with Crippen LogP contribution < -0.4 is 0 Å². The Hall–Kier alpha value is -2.12. The Labute approximate surface area is 118 Å². The predicted molar refractivity (Wildman–Crippen MR) is 75.0 cm³/mol. The zero-order chi connectivity index (χ0) is 14.0. The van der Waals surface area contributed by atoms with Gasteiger partial charge in [0.2, 0.25) is 0 Å². The quantitative estimate of drug-likeness (QED) is 0.898. The van der Waals surface area contributed by atoms with Crippen molar-refractivity contribution in [1.82, 2.24) is 9.97 Å². The van der Waals surface area contributed by atoms with Gasteiger partial charge < -0.3 is 10.1 Å². The van der Waals surface area contributed by atoms with Crippen LogP contribution >= 0.6 is 0 Å². The molecule has 0 bridgehead atoms. The molecule has 0 amide bonds. The van der Waals surface area contributed by atoms with Gasteiger partial charge in [0.1, 0.15) is 5.82 Å². The lowest BCUT2D eigenvalue weighted by Crippen LogP contribution is -2.34. The van der Waals surface area contributed by atoms with E-state index in [0.29, 0.717) is 5.56 Å². The molecule has 3 rings (SSSR count). The maximum atomic E-state index is 11.0. The first kappa shape index (κ1) is 12.9. The normalized spacial score (nSPS) is 18.6. The van der Waals surface area contributed by atoms with Gasteiger partial charge in [0.15, 0.2) is 0 Å². The number of aromatic amines is 1. The molecule has 1 fully saturated rings. The second kappa shape index (κ2) is 5.10. The first-order valence-electron chi connectivity index (χ1n) is 6.95. The summed E-state index contributed by atoms with van der Waals surface area (Å²) in [5.41, 5.74) is 0.889. The molecule has 2 N–H and O–H groups in total.